The molecule has 126 valence electrons. The Morgan fingerprint density at radius 1 is 1.43 bits per heavy atom. The fourth-order valence-electron chi connectivity index (χ4n) is 2.64. The van der Waals surface area contributed by atoms with Crippen molar-refractivity contribution in [3.05, 3.63) is 29.8 Å². The SMILES string of the molecule is COc1cccc(CO[C@@H](C)C(=O)N2CC[C@@](C)(C(=O)O)C2)c1. The van der Waals surface area contributed by atoms with E-state index in [1.54, 1.807) is 25.9 Å². The summed E-state index contributed by atoms with van der Waals surface area (Å²) >= 11 is 0. The quantitative estimate of drug-likeness (QED) is 0.866. The summed E-state index contributed by atoms with van der Waals surface area (Å²) < 4.78 is 10.8. The van der Waals surface area contributed by atoms with Gasteiger partial charge in [-0.2, -0.15) is 0 Å². The Hall–Kier alpha value is -2.08. The monoisotopic (exact) mass is 321 g/mol. The summed E-state index contributed by atoms with van der Waals surface area (Å²) in [4.78, 5) is 25.2. The van der Waals surface area contributed by atoms with Gasteiger partial charge in [-0.25, -0.2) is 0 Å². The molecule has 0 radical (unpaired) electrons. The van der Waals surface area contributed by atoms with Crippen LogP contribution in [0.2, 0.25) is 0 Å². The average molecular weight is 321 g/mol. The van der Waals surface area contributed by atoms with E-state index in [9.17, 15) is 14.7 Å². The second-order valence-corrected chi connectivity index (χ2v) is 6.18. The van der Waals surface area contributed by atoms with E-state index in [2.05, 4.69) is 0 Å². The first kappa shape index (κ1) is 17.3. The molecule has 1 aliphatic rings. The van der Waals surface area contributed by atoms with Crippen LogP contribution < -0.4 is 4.74 Å². The third kappa shape index (κ3) is 4.01. The Morgan fingerprint density at radius 2 is 2.17 bits per heavy atom. The van der Waals surface area contributed by atoms with Crippen molar-refractivity contribution in [3.8, 4) is 5.75 Å². The van der Waals surface area contributed by atoms with Gasteiger partial charge in [0, 0.05) is 13.1 Å². The number of aliphatic carboxylic acids is 1. The number of carboxylic acid groups (broad SMARTS) is 1. The maximum Gasteiger partial charge on any atom is 0.311 e. The molecule has 1 fully saturated rings. The van der Waals surface area contributed by atoms with Gasteiger partial charge in [0.25, 0.3) is 5.91 Å². The van der Waals surface area contributed by atoms with Gasteiger partial charge < -0.3 is 19.5 Å². The van der Waals surface area contributed by atoms with Crippen LogP contribution in [0.15, 0.2) is 24.3 Å². The molecule has 6 nitrogen and oxygen atoms in total. The Bertz CT molecular complexity index is 588. The molecule has 0 unspecified atom stereocenters. The van der Waals surface area contributed by atoms with Crippen LogP contribution in [0.25, 0.3) is 0 Å². The van der Waals surface area contributed by atoms with Gasteiger partial charge in [-0.1, -0.05) is 12.1 Å². The summed E-state index contributed by atoms with van der Waals surface area (Å²) in [6, 6.07) is 7.46. The zero-order valence-corrected chi connectivity index (χ0v) is 13.7. The van der Waals surface area contributed by atoms with Crippen molar-refractivity contribution in [3.63, 3.8) is 0 Å². The van der Waals surface area contributed by atoms with Crippen LogP contribution in [-0.2, 0) is 20.9 Å². The standard InChI is InChI=1S/C17H23NO5/c1-12(23-10-13-5-4-6-14(9-13)22-3)15(19)18-8-7-17(2,11-18)16(20)21/h4-6,9,12H,7-8,10-11H2,1-3H3,(H,20,21)/t12-,17+/m0/s1. The van der Waals surface area contributed by atoms with E-state index in [-0.39, 0.29) is 12.5 Å². The molecule has 6 heteroatoms. The Morgan fingerprint density at radius 3 is 2.78 bits per heavy atom. The number of likely N-dealkylation sites (tertiary alicyclic amines) is 1. The van der Waals surface area contributed by atoms with E-state index in [0.29, 0.717) is 19.6 Å². The summed E-state index contributed by atoms with van der Waals surface area (Å²) in [5.74, 6) is -0.294. The van der Waals surface area contributed by atoms with Crippen LogP contribution in [0, 0.1) is 5.41 Å². The molecule has 1 aromatic rings. The maximum absolute atomic E-state index is 12.4. The zero-order valence-electron chi connectivity index (χ0n) is 13.7. The number of ether oxygens (including phenoxy) is 2. The van der Waals surface area contributed by atoms with Crippen molar-refractivity contribution in [2.75, 3.05) is 20.2 Å². The average Bonchev–Trinajstić information content (AvgIpc) is 2.96. The van der Waals surface area contributed by atoms with Crippen LogP contribution in [0.4, 0.5) is 0 Å². The predicted molar refractivity (Wildman–Crippen MR) is 84.2 cm³/mol. The van der Waals surface area contributed by atoms with E-state index in [0.717, 1.165) is 11.3 Å². The molecular formula is C17H23NO5. The highest BCUT2D eigenvalue weighted by Gasteiger charge is 2.42. The Kier molecular flexibility index (Phi) is 5.26. The number of methoxy groups -OCH3 is 1. The molecule has 1 N–H and O–H groups in total. The molecule has 1 saturated heterocycles. The van der Waals surface area contributed by atoms with Gasteiger partial charge in [-0.15, -0.1) is 0 Å². The molecule has 0 aliphatic carbocycles. The van der Waals surface area contributed by atoms with E-state index >= 15 is 0 Å². The maximum atomic E-state index is 12.4. The van der Waals surface area contributed by atoms with Crippen molar-refractivity contribution < 1.29 is 24.2 Å². The largest absolute Gasteiger partial charge is 0.497 e. The number of amides is 1. The lowest BCUT2D eigenvalue weighted by Gasteiger charge is -2.23. The van der Waals surface area contributed by atoms with E-state index < -0.39 is 17.5 Å². The lowest BCUT2D eigenvalue weighted by Crippen LogP contribution is -2.40. The van der Waals surface area contributed by atoms with Crippen LogP contribution in [0.5, 0.6) is 5.75 Å². The molecule has 1 aliphatic heterocycles. The minimum Gasteiger partial charge on any atom is -0.497 e. The minimum atomic E-state index is -0.863. The summed E-state index contributed by atoms with van der Waals surface area (Å²) in [6.45, 7) is 4.35. The number of rotatable bonds is 6. The van der Waals surface area contributed by atoms with E-state index in [1.807, 2.05) is 24.3 Å². The summed E-state index contributed by atoms with van der Waals surface area (Å²) in [7, 11) is 1.60. The molecule has 0 saturated carbocycles. The van der Waals surface area contributed by atoms with Gasteiger partial charge in [0.05, 0.1) is 19.1 Å². The van der Waals surface area contributed by atoms with Crippen molar-refractivity contribution in [1.29, 1.82) is 0 Å². The molecule has 0 aromatic heterocycles. The second-order valence-electron chi connectivity index (χ2n) is 6.18. The van der Waals surface area contributed by atoms with E-state index in [4.69, 9.17) is 9.47 Å². The third-order valence-electron chi connectivity index (χ3n) is 4.28. The number of carbonyl (C=O) groups is 2. The summed E-state index contributed by atoms with van der Waals surface area (Å²) in [5.41, 5.74) is 0.0585. The second kappa shape index (κ2) is 7.00. The number of benzene rings is 1. The number of hydrogen-bond acceptors (Lipinski definition) is 4. The third-order valence-corrected chi connectivity index (χ3v) is 4.28. The van der Waals surface area contributed by atoms with Gasteiger partial charge in [0.1, 0.15) is 11.9 Å². The fraction of sp³-hybridized carbons (Fsp3) is 0.529. The van der Waals surface area contributed by atoms with Crippen LogP contribution in [0.1, 0.15) is 25.8 Å². The molecule has 1 aromatic carbocycles. The molecule has 2 rings (SSSR count). The Balaban J connectivity index is 1.89. The van der Waals surface area contributed by atoms with Gasteiger partial charge >= 0.3 is 5.97 Å². The highest BCUT2D eigenvalue weighted by Crippen LogP contribution is 2.30. The predicted octanol–water partition coefficient (Wildman–Crippen LogP) is 1.92. The van der Waals surface area contributed by atoms with Crippen molar-refractivity contribution in [1.82, 2.24) is 4.90 Å². The summed E-state index contributed by atoms with van der Waals surface area (Å²) in [6.07, 6.45) is -0.145. The zero-order chi connectivity index (χ0) is 17.0. The summed E-state index contributed by atoms with van der Waals surface area (Å²) in [5, 5.41) is 9.23. The number of hydrogen-bond donors (Lipinski definition) is 1. The van der Waals surface area contributed by atoms with Gasteiger partial charge in [0.15, 0.2) is 0 Å². The fourth-order valence-corrected chi connectivity index (χ4v) is 2.64. The normalized spacial score (nSPS) is 22.0. The van der Waals surface area contributed by atoms with Crippen molar-refractivity contribution in [2.24, 2.45) is 5.41 Å². The molecule has 1 amide bonds. The smallest absolute Gasteiger partial charge is 0.311 e. The highest BCUT2D eigenvalue weighted by atomic mass is 16.5. The lowest BCUT2D eigenvalue weighted by molar-refractivity contribution is -0.148. The molecule has 23 heavy (non-hydrogen) atoms. The molecule has 2 atom stereocenters. The van der Waals surface area contributed by atoms with Gasteiger partial charge in [-0.3, -0.25) is 9.59 Å². The van der Waals surface area contributed by atoms with Gasteiger partial charge in [0.2, 0.25) is 0 Å². The minimum absolute atomic E-state index is 0.169. The lowest BCUT2D eigenvalue weighted by atomic mass is 9.90. The van der Waals surface area contributed by atoms with Gasteiger partial charge in [-0.05, 0) is 38.0 Å². The van der Waals surface area contributed by atoms with Crippen LogP contribution in [0.3, 0.4) is 0 Å². The van der Waals surface area contributed by atoms with E-state index in [1.165, 1.54) is 0 Å². The molecule has 1 heterocycles. The number of nitrogens with zero attached hydrogens (tertiary/aromatic N) is 1. The first-order valence-corrected chi connectivity index (χ1v) is 7.62. The molecular weight excluding hydrogens is 298 g/mol. The van der Waals surface area contributed by atoms with Crippen LogP contribution in [-0.4, -0.2) is 48.2 Å². The first-order valence-electron chi connectivity index (χ1n) is 7.62. The molecule has 0 spiro atoms. The topological polar surface area (TPSA) is 76.1 Å². The highest BCUT2D eigenvalue weighted by molar-refractivity contribution is 5.83. The first-order chi connectivity index (χ1) is 10.9. The van der Waals surface area contributed by atoms with Crippen LogP contribution >= 0.6 is 0 Å². The molecule has 0 bridgehead atoms. The van der Waals surface area contributed by atoms with Crippen molar-refractivity contribution >= 4 is 11.9 Å². The Labute approximate surface area is 136 Å². The van der Waals surface area contributed by atoms with Crippen molar-refractivity contribution in [2.45, 2.75) is 33.0 Å². The number of carboxylic acids is 1. The number of carbonyl (C=O) groups excluding carboxylic acids is 1.